The highest BCUT2D eigenvalue weighted by molar-refractivity contribution is 9.10. The summed E-state index contributed by atoms with van der Waals surface area (Å²) in [6.07, 6.45) is 0. The van der Waals surface area contributed by atoms with Crippen molar-refractivity contribution in [3.63, 3.8) is 0 Å². The summed E-state index contributed by atoms with van der Waals surface area (Å²) in [5.41, 5.74) is 0.496. The zero-order chi connectivity index (χ0) is 20.5. The van der Waals surface area contributed by atoms with Gasteiger partial charge in [-0.2, -0.15) is 0 Å². The van der Waals surface area contributed by atoms with Crippen molar-refractivity contribution in [2.75, 3.05) is 5.32 Å². The third-order valence-corrected chi connectivity index (χ3v) is 6.03. The SMILES string of the molecule is Cc1ccc(NC(=O)c2ccc(S(=O)(=O)c3ccc(Br)cc3)o2)cc1[N+](=O)[O-]. The third kappa shape index (κ3) is 3.97. The Morgan fingerprint density at radius 3 is 2.43 bits per heavy atom. The van der Waals surface area contributed by atoms with E-state index in [0.717, 1.165) is 4.47 Å². The number of halogens is 1. The summed E-state index contributed by atoms with van der Waals surface area (Å²) in [7, 11) is -3.92. The lowest BCUT2D eigenvalue weighted by Crippen LogP contribution is -2.11. The quantitative estimate of drug-likeness (QED) is 0.442. The number of anilines is 1. The van der Waals surface area contributed by atoms with Crippen LogP contribution in [0.25, 0.3) is 0 Å². The summed E-state index contributed by atoms with van der Waals surface area (Å²) < 4.78 is 31.1. The van der Waals surface area contributed by atoms with Crippen LogP contribution in [0.2, 0.25) is 0 Å². The molecule has 1 heterocycles. The van der Waals surface area contributed by atoms with Crippen LogP contribution in [0.5, 0.6) is 0 Å². The van der Waals surface area contributed by atoms with Crippen LogP contribution < -0.4 is 5.32 Å². The molecule has 0 fully saturated rings. The lowest BCUT2D eigenvalue weighted by molar-refractivity contribution is -0.385. The van der Waals surface area contributed by atoms with Crippen LogP contribution in [0.1, 0.15) is 16.1 Å². The van der Waals surface area contributed by atoms with Crippen molar-refractivity contribution in [1.82, 2.24) is 0 Å². The lowest BCUT2D eigenvalue weighted by atomic mass is 10.2. The van der Waals surface area contributed by atoms with Crippen molar-refractivity contribution in [3.05, 3.63) is 80.5 Å². The molecule has 0 bridgehead atoms. The Balaban J connectivity index is 1.84. The number of furan rings is 1. The molecule has 3 rings (SSSR count). The first-order valence-corrected chi connectivity index (χ1v) is 10.1. The molecule has 8 nitrogen and oxygen atoms in total. The van der Waals surface area contributed by atoms with E-state index in [1.165, 1.54) is 42.5 Å². The molecular weight excluding hydrogens is 452 g/mol. The number of aryl methyl sites for hydroxylation is 1. The van der Waals surface area contributed by atoms with Gasteiger partial charge in [-0.3, -0.25) is 14.9 Å². The number of hydrogen-bond donors (Lipinski definition) is 1. The first kappa shape index (κ1) is 19.8. The van der Waals surface area contributed by atoms with Crippen molar-refractivity contribution >= 4 is 43.0 Å². The van der Waals surface area contributed by atoms with Gasteiger partial charge in [0.15, 0.2) is 5.76 Å². The van der Waals surface area contributed by atoms with Crippen LogP contribution in [-0.2, 0) is 9.84 Å². The molecule has 0 spiro atoms. The van der Waals surface area contributed by atoms with Gasteiger partial charge in [0.1, 0.15) is 0 Å². The smallest absolute Gasteiger partial charge is 0.291 e. The maximum atomic E-state index is 12.6. The molecule has 3 aromatic rings. The Morgan fingerprint density at radius 1 is 1.11 bits per heavy atom. The average molecular weight is 465 g/mol. The van der Waals surface area contributed by atoms with E-state index in [1.807, 2.05) is 0 Å². The number of hydrogen-bond acceptors (Lipinski definition) is 6. The predicted molar refractivity (Wildman–Crippen MR) is 104 cm³/mol. The molecule has 144 valence electrons. The average Bonchev–Trinajstić information content (AvgIpc) is 3.14. The molecule has 2 aromatic carbocycles. The van der Waals surface area contributed by atoms with Crippen molar-refractivity contribution < 1.29 is 22.6 Å². The van der Waals surface area contributed by atoms with E-state index in [4.69, 9.17) is 4.42 Å². The second-order valence-corrected chi connectivity index (χ2v) is 8.58. The van der Waals surface area contributed by atoms with Gasteiger partial charge >= 0.3 is 0 Å². The largest absolute Gasteiger partial charge is 0.439 e. The number of nitro groups is 1. The summed E-state index contributed by atoms with van der Waals surface area (Å²) in [6.45, 7) is 1.58. The van der Waals surface area contributed by atoms with Crippen molar-refractivity contribution in [2.24, 2.45) is 0 Å². The number of carbonyl (C=O) groups is 1. The fraction of sp³-hybridized carbons (Fsp3) is 0.0556. The summed E-state index contributed by atoms with van der Waals surface area (Å²) in [5, 5.41) is 13.1. The zero-order valence-electron chi connectivity index (χ0n) is 14.4. The monoisotopic (exact) mass is 464 g/mol. The number of benzene rings is 2. The number of rotatable bonds is 5. The van der Waals surface area contributed by atoms with Crippen LogP contribution in [0.15, 0.2) is 73.5 Å². The van der Waals surface area contributed by atoms with Crippen LogP contribution in [-0.4, -0.2) is 19.2 Å². The Bertz CT molecular complexity index is 1170. The second kappa shape index (κ2) is 7.56. The van der Waals surface area contributed by atoms with Crippen LogP contribution in [0.4, 0.5) is 11.4 Å². The van der Waals surface area contributed by atoms with E-state index in [0.29, 0.717) is 5.56 Å². The minimum Gasteiger partial charge on any atom is -0.439 e. The number of carbonyl (C=O) groups excluding carboxylic acids is 1. The Kier molecular flexibility index (Phi) is 5.34. The van der Waals surface area contributed by atoms with Crippen LogP contribution in [0, 0.1) is 17.0 Å². The molecule has 1 N–H and O–H groups in total. The van der Waals surface area contributed by atoms with Crippen LogP contribution >= 0.6 is 15.9 Å². The Hall–Kier alpha value is -2.98. The first-order chi connectivity index (χ1) is 13.2. The highest BCUT2D eigenvalue weighted by Gasteiger charge is 2.24. The van der Waals surface area contributed by atoms with Gasteiger partial charge in [-0.15, -0.1) is 0 Å². The fourth-order valence-electron chi connectivity index (χ4n) is 2.39. The summed E-state index contributed by atoms with van der Waals surface area (Å²) in [6, 6.07) is 12.6. The fourth-order valence-corrected chi connectivity index (χ4v) is 3.83. The minimum atomic E-state index is -3.92. The summed E-state index contributed by atoms with van der Waals surface area (Å²) in [5.74, 6) is -0.964. The molecule has 0 saturated heterocycles. The molecule has 28 heavy (non-hydrogen) atoms. The highest BCUT2D eigenvalue weighted by atomic mass is 79.9. The van der Waals surface area contributed by atoms with Crippen molar-refractivity contribution in [2.45, 2.75) is 16.9 Å². The van der Waals surface area contributed by atoms with E-state index in [1.54, 1.807) is 19.1 Å². The summed E-state index contributed by atoms with van der Waals surface area (Å²) in [4.78, 5) is 22.8. The highest BCUT2D eigenvalue weighted by Crippen LogP contribution is 2.26. The number of nitro benzene ring substituents is 1. The van der Waals surface area contributed by atoms with Gasteiger partial charge in [0, 0.05) is 21.8 Å². The molecule has 10 heteroatoms. The van der Waals surface area contributed by atoms with Gasteiger partial charge in [0.2, 0.25) is 14.9 Å². The second-order valence-electron chi connectivity index (χ2n) is 5.79. The van der Waals surface area contributed by atoms with Gasteiger partial charge in [0.25, 0.3) is 11.6 Å². The molecular formula is C18H13BrN2O6S. The number of sulfone groups is 1. The molecule has 0 aliphatic rings. The minimum absolute atomic E-state index is 0.0196. The predicted octanol–water partition coefficient (Wildman–Crippen LogP) is 4.34. The van der Waals surface area contributed by atoms with Crippen LogP contribution in [0.3, 0.4) is 0 Å². The van der Waals surface area contributed by atoms with Crippen molar-refractivity contribution in [3.8, 4) is 0 Å². The van der Waals surface area contributed by atoms with Gasteiger partial charge in [-0.05, 0) is 49.4 Å². The number of nitrogens with zero attached hydrogens (tertiary/aromatic N) is 1. The Morgan fingerprint density at radius 2 is 1.79 bits per heavy atom. The molecule has 0 aliphatic carbocycles. The molecule has 1 aromatic heterocycles. The van der Waals surface area contributed by atoms with E-state index >= 15 is 0 Å². The maximum Gasteiger partial charge on any atom is 0.291 e. The zero-order valence-corrected chi connectivity index (χ0v) is 16.8. The summed E-state index contributed by atoms with van der Waals surface area (Å²) >= 11 is 3.23. The van der Waals surface area contributed by atoms with E-state index in [-0.39, 0.29) is 27.1 Å². The Labute approximate surface area is 168 Å². The van der Waals surface area contributed by atoms with E-state index < -0.39 is 20.7 Å². The van der Waals surface area contributed by atoms with E-state index in [9.17, 15) is 23.3 Å². The molecule has 0 radical (unpaired) electrons. The molecule has 1 amide bonds. The first-order valence-electron chi connectivity index (χ1n) is 7.85. The molecule has 0 unspecified atom stereocenters. The molecule has 0 saturated carbocycles. The van der Waals surface area contributed by atoms with Gasteiger partial charge in [0.05, 0.1) is 9.82 Å². The van der Waals surface area contributed by atoms with Gasteiger partial charge in [-0.1, -0.05) is 22.0 Å². The third-order valence-electron chi connectivity index (χ3n) is 3.86. The van der Waals surface area contributed by atoms with Gasteiger partial charge < -0.3 is 9.73 Å². The topological polar surface area (TPSA) is 120 Å². The molecule has 0 aliphatic heterocycles. The standard InChI is InChI=1S/C18H13BrN2O6S/c1-11-2-5-13(10-15(11)21(23)24)20-18(22)16-8-9-17(27-16)28(25,26)14-6-3-12(19)4-7-14/h2-10H,1H3,(H,20,22). The van der Waals surface area contributed by atoms with E-state index in [2.05, 4.69) is 21.2 Å². The van der Waals surface area contributed by atoms with Crippen molar-refractivity contribution in [1.29, 1.82) is 0 Å². The number of nitrogens with one attached hydrogen (secondary N) is 1. The maximum absolute atomic E-state index is 12.6. The van der Waals surface area contributed by atoms with Gasteiger partial charge in [-0.25, -0.2) is 8.42 Å². The lowest BCUT2D eigenvalue weighted by Gasteiger charge is -2.05. The normalized spacial score (nSPS) is 11.2. The molecule has 0 atom stereocenters. The number of amides is 1.